The number of nitrogens with two attached hydrogens (primary N) is 1. The molecule has 118 valence electrons. The Morgan fingerprint density at radius 3 is 2.05 bits per heavy atom. The summed E-state index contributed by atoms with van der Waals surface area (Å²) in [5.74, 6) is 0. The van der Waals surface area contributed by atoms with E-state index in [1.165, 1.54) is 0 Å². The molecule has 5 heteroatoms. The van der Waals surface area contributed by atoms with Crippen LogP contribution in [0.4, 0.5) is 0 Å². The topological polar surface area (TPSA) is 72.2 Å². The van der Waals surface area contributed by atoms with E-state index in [4.69, 9.17) is 5.73 Å². The second-order valence-electron chi connectivity index (χ2n) is 7.25. The molecular formula is C16H26N2O2S. The second-order valence-corrected chi connectivity index (χ2v) is 8.93. The van der Waals surface area contributed by atoms with Crippen LogP contribution in [0.15, 0.2) is 17.0 Å². The second kappa shape index (κ2) is 4.80. The molecule has 0 radical (unpaired) electrons. The maximum Gasteiger partial charge on any atom is 0.241 e. The molecule has 0 unspecified atom stereocenters. The van der Waals surface area contributed by atoms with Crippen LogP contribution in [-0.2, 0) is 16.6 Å². The van der Waals surface area contributed by atoms with Crippen molar-refractivity contribution in [1.82, 2.24) is 4.72 Å². The predicted molar refractivity (Wildman–Crippen MR) is 85.5 cm³/mol. The SMILES string of the molecule is Cc1cc(C)c(S(=O)(=O)NC2C(C)(C)C2(C)C)cc1CN. The van der Waals surface area contributed by atoms with Gasteiger partial charge in [0, 0.05) is 12.6 Å². The minimum absolute atomic E-state index is 0.0324. The number of aryl methyl sites for hydroxylation is 2. The number of sulfonamides is 1. The van der Waals surface area contributed by atoms with Gasteiger partial charge in [-0.05, 0) is 47.4 Å². The lowest BCUT2D eigenvalue weighted by molar-refractivity contribution is 0.457. The summed E-state index contributed by atoms with van der Waals surface area (Å²) >= 11 is 0. The predicted octanol–water partition coefficient (Wildman–Crippen LogP) is 2.48. The quantitative estimate of drug-likeness (QED) is 0.897. The molecule has 21 heavy (non-hydrogen) atoms. The molecule has 3 N–H and O–H groups in total. The smallest absolute Gasteiger partial charge is 0.241 e. The van der Waals surface area contributed by atoms with Gasteiger partial charge in [-0.25, -0.2) is 13.1 Å². The summed E-state index contributed by atoms with van der Waals surface area (Å²) in [4.78, 5) is 0.340. The third-order valence-corrected chi connectivity index (χ3v) is 7.00. The monoisotopic (exact) mass is 310 g/mol. The highest BCUT2D eigenvalue weighted by Gasteiger charge is 2.66. The van der Waals surface area contributed by atoms with Crippen molar-refractivity contribution in [1.29, 1.82) is 0 Å². The number of nitrogens with one attached hydrogen (secondary N) is 1. The Kier molecular flexibility index (Phi) is 3.76. The molecule has 0 atom stereocenters. The van der Waals surface area contributed by atoms with Crippen molar-refractivity contribution in [2.24, 2.45) is 16.6 Å². The number of hydrogen-bond donors (Lipinski definition) is 2. The molecule has 1 aliphatic carbocycles. The Morgan fingerprint density at radius 2 is 1.62 bits per heavy atom. The van der Waals surface area contributed by atoms with E-state index < -0.39 is 10.0 Å². The molecule has 1 aliphatic rings. The van der Waals surface area contributed by atoms with E-state index in [0.717, 1.165) is 16.7 Å². The average molecular weight is 310 g/mol. The van der Waals surface area contributed by atoms with Gasteiger partial charge in [0.1, 0.15) is 0 Å². The maximum atomic E-state index is 12.7. The fourth-order valence-corrected chi connectivity index (χ4v) is 4.90. The molecule has 0 spiro atoms. The maximum absolute atomic E-state index is 12.7. The van der Waals surface area contributed by atoms with Crippen LogP contribution in [0.3, 0.4) is 0 Å². The largest absolute Gasteiger partial charge is 0.326 e. The van der Waals surface area contributed by atoms with Crippen LogP contribution in [0.1, 0.15) is 44.4 Å². The van der Waals surface area contributed by atoms with Crippen LogP contribution < -0.4 is 10.5 Å². The fraction of sp³-hybridized carbons (Fsp3) is 0.625. The van der Waals surface area contributed by atoms with E-state index in [2.05, 4.69) is 32.4 Å². The first kappa shape index (κ1) is 16.5. The van der Waals surface area contributed by atoms with Gasteiger partial charge in [-0.3, -0.25) is 0 Å². The fourth-order valence-electron chi connectivity index (χ4n) is 3.09. The average Bonchev–Trinajstić information content (AvgIpc) is 2.71. The van der Waals surface area contributed by atoms with Gasteiger partial charge in [-0.15, -0.1) is 0 Å². The summed E-state index contributed by atoms with van der Waals surface area (Å²) in [5.41, 5.74) is 8.29. The molecule has 1 aromatic carbocycles. The van der Waals surface area contributed by atoms with Crippen molar-refractivity contribution >= 4 is 10.0 Å². The van der Waals surface area contributed by atoms with Gasteiger partial charge in [0.05, 0.1) is 4.90 Å². The Bertz CT molecular complexity index is 662. The lowest BCUT2D eigenvalue weighted by atomic mass is 10.0. The molecule has 1 fully saturated rings. The van der Waals surface area contributed by atoms with Crippen LogP contribution in [0, 0.1) is 24.7 Å². The van der Waals surface area contributed by atoms with Crippen molar-refractivity contribution < 1.29 is 8.42 Å². The summed E-state index contributed by atoms with van der Waals surface area (Å²) in [5, 5.41) is 0. The lowest BCUT2D eigenvalue weighted by Gasteiger charge is -2.13. The minimum atomic E-state index is -3.52. The van der Waals surface area contributed by atoms with Crippen molar-refractivity contribution in [2.45, 2.75) is 59.0 Å². The molecular weight excluding hydrogens is 284 g/mol. The zero-order chi connectivity index (χ0) is 16.2. The first-order valence-corrected chi connectivity index (χ1v) is 8.76. The normalized spacial score (nSPS) is 20.5. The van der Waals surface area contributed by atoms with Crippen molar-refractivity contribution in [3.63, 3.8) is 0 Å². The van der Waals surface area contributed by atoms with Crippen LogP contribution in [0.25, 0.3) is 0 Å². The van der Waals surface area contributed by atoms with E-state index in [1.807, 2.05) is 19.9 Å². The lowest BCUT2D eigenvalue weighted by Crippen LogP contribution is -2.30. The van der Waals surface area contributed by atoms with Crippen LogP contribution in [0.2, 0.25) is 0 Å². The Hall–Kier alpha value is -0.910. The van der Waals surface area contributed by atoms with Gasteiger partial charge in [0.25, 0.3) is 0 Å². The van der Waals surface area contributed by atoms with E-state index in [-0.39, 0.29) is 16.9 Å². The first-order valence-electron chi connectivity index (χ1n) is 7.27. The third-order valence-electron chi connectivity index (χ3n) is 5.44. The number of hydrogen-bond acceptors (Lipinski definition) is 3. The molecule has 2 rings (SSSR count). The highest BCUT2D eigenvalue weighted by Crippen LogP contribution is 2.62. The van der Waals surface area contributed by atoms with Gasteiger partial charge in [0.2, 0.25) is 10.0 Å². The molecule has 0 amide bonds. The van der Waals surface area contributed by atoms with E-state index in [0.29, 0.717) is 11.4 Å². The summed E-state index contributed by atoms with van der Waals surface area (Å²) in [6, 6.07) is 3.55. The third kappa shape index (κ3) is 2.51. The Morgan fingerprint density at radius 1 is 1.10 bits per heavy atom. The highest BCUT2D eigenvalue weighted by molar-refractivity contribution is 7.89. The summed E-state index contributed by atoms with van der Waals surface area (Å²) in [7, 11) is -3.52. The van der Waals surface area contributed by atoms with Crippen molar-refractivity contribution in [3.05, 3.63) is 28.8 Å². The molecule has 4 nitrogen and oxygen atoms in total. The molecule has 0 aliphatic heterocycles. The van der Waals surface area contributed by atoms with Crippen molar-refractivity contribution in [3.8, 4) is 0 Å². The van der Waals surface area contributed by atoms with Gasteiger partial charge >= 0.3 is 0 Å². The summed E-state index contributed by atoms with van der Waals surface area (Å²) in [6.07, 6.45) is 0. The Labute approximate surface area is 128 Å². The highest BCUT2D eigenvalue weighted by atomic mass is 32.2. The van der Waals surface area contributed by atoms with Gasteiger partial charge in [0.15, 0.2) is 0 Å². The molecule has 0 saturated heterocycles. The number of rotatable bonds is 4. The number of benzene rings is 1. The van der Waals surface area contributed by atoms with Crippen molar-refractivity contribution in [2.75, 3.05) is 0 Å². The van der Waals surface area contributed by atoms with Gasteiger partial charge < -0.3 is 5.73 Å². The molecule has 0 heterocycles. The first-order chi connectivity index (χ1) is 9.45. The van der Waals surface area contributed by atoms with Crippen LogP contribution in [0.5, 0.6) is 0 Å². The molecule has 0 bridgehead atoms. The molecule has 0 aromatic heterocycles. The van der Waals surface area contributed by atoms with Crippen LogP contribution >= 0.6 is 0 Å². The Balaban J connectivity index is 2.38. The summed E-state index contributed by atoms with van der Waals surface area (Å²) < 4.78 is 28.3. The standard InChI is InChI=1S/C16H26N2O2S/c1-10-7-11(2)13(8-12(10)9-17)21(19,20)18-14-15(3,4)16(14,5)6/h7-8,14,18H,9,17H2,1-6H3. The van der Waals surface area contributed by atoms with Gasteiger partial charge in [-0.1, -0.05) is 33.8 Å². The van der Waals surface area contributed by atoms with Gasteiger partial charge in [-0.2, -0.15) is 0 Å². The summed E-state index contributed by atoms with van der Waals surface area (Å²) in [6.45, 7) is 12.5. The molecule has 1 aromatic rings. The van der Waals surface area contributed by atoms with E-state index in [1.54, 1.807) is 6.07 Å². The minimum Gasteiger partial charge on any atom is -0.326 e. The zero-order valence-electron chi connectivity index (χ0n) is 13.7. The zero-order valence-corrected chi connectivity index (χ0v) is 14.6. The molecule has 1 saturated carbocycles. The van der Waals surface area contributed by atoms with E-state index in [9.17, 15) is 8.42 Å². The van der Waals surface area contributed by atoms with E-state index >= 15 is 0 Å². The van der Waals surface area contributed by atoms with Crippen LogP contribution in [-0.4, -0.2) is 14.5 Å².